The molecule has 0 saturated heterocycles. The number of halogens is 2. The van der Waals surface area contributed by atoms with E-state index in [-0.39, 0.29) is 18.0 Å². The monoisotopic (exact) mass is 366 g/mol. The second-order valence-corrected chi connectivity index (χ2v) is 5.60. The Hall–Kier alpha value is -0.490. The van der Waals surface area contributed by atoms with Gasteiger partial charge in [0.1, 0.15) is 11.9 Å². The van der Waals surface area contributed by atoms with Crippen molar-refractivity contribution in [2.45, 2.75) is 18.9 Å². The highest BCUT2D eigenvalue weighted by Gasteiger charge is 2.37. The minimum Gasteiger partial charge on any atom is -0.489 e. The highest BCUT2D eigenvalue weighted by Crippen LogP contribution is 2.34. The van der Waals surface area contributed by atoms with E-state index in [0.717, 1.165) is 22.2 Å². The molecule has 1 fully saturated rings. The van der Waals surface area contributed by atoms with Gasteiger partial charge in [-0.25, -0.2) is 0 Å². The molecule has 1 aromatic carbocycles. The molecule has 0 amide bonds. The number of carbonyl (C=O) groups is 1. The fourth-order valence-corrected chi connectivity index (χ4v) is 2.39. The molecule has 5 heteroatoms. The number of hydrogen-bond donors (Lipinski definition) is 0. The first kappa shape index (κ1) is 13.0. The van der Waals surface area contributed by atoms with Crippen molar-refractivity contribution in [1.82, 2.24) is 0 Å². The molecule has 0 atom stereocenters. The Bertz CT molecular complexity index is 430. The number of carbonyl (C=O) groups excluding carboxylic acids is 1. The van der Waals surface area contributed by atoms with Crippen molar-refractivity contribution in [3.8, 4) is 5.75 Å². The van der Waals surface area contributed by atoms with Crippen LogP contribution in [0.3, 0.4) is 0 Å². The van der Waals surface area contributed by atoms with Crippen LogP contribution < -0.4 is 4.74 Å². The van der Waals surface area contributed by atoms with Crippen molar-refractivity contribution in [3.05, 3.63) is 26.8 Å². The standard InChI is InChI=1S/C12H12ClIO3/c1-16-12(15)7-4-9(5-7)17-11-6-8(13)2-3-10(11)14/h2-3,6-7,9H,4-5H2,1H3. The number of hydrogen-bond acceptors (Lipinski definition) is 3. The Morgan fingerprint density at radius 3 is 2.82 bits per heavy atom. The summed E-state index contributed by atoms with van der Waals surface area (Å²) in [5.74, 6) is 0.624. The van der Waals surface area contributed by atoms with E-state index in [1.54, 1.807) is 6.07 Å². The third-order valence-electron chi connectivity index (χ3n) is 2.82. The van der Waals surface area contributed by atoms with Crippen LogP contribution in [0.4, 0.5) is 0 Å². The van der Waals surface area contributed by atoms with Crippen LogP contribution in [0.25, 0.3) is 0 Å². The molecule has 1 saturated carbocycles. The number of esters is 1. The Kier molecular flexibility index (Phi) is 4.14. The van der Waals surface area contributed by atoms with Crippen molar-refractivity contribution < 1.29 is 14.3 Å². The fourth-order valence-electron chi connectivity index (χ4n) is 1.77. The molecular weight excluding hydrogens is 354 g/mol. The average molecular weight is 367 g/mol. The van der Waals surface area contributed by atoms with Gasteiger partial charge < -0.3 is 9.47 Å². The summed E-state index contributed by atoms with van der Waals surface area (Å²) in [5, 5.41) is 0.657. The fraction of sp³-hybridized carbons (Fsp3) is 0.417. The minimum absolute atomic E-state index is 0.0122. The zero-order chi connectivity index (χ0) is 12.4. The topological polar surface area (TPSA) is 35.5 Å². The summed E-state index contributed by atoms with van der Waals surface area (Å²) in [4.78, 5) is 11.2. The summed E-state index contributed by atoms with van der Waals surface area (Å²) in [6.07, 6.45) is 1.52. The second-order valence-electron chi connectivity index (χ2n) is 4.01. The van der Waals surface area contributed by atoms with Crippen LogP contribution in [-0.2, 0) is 9.53 Å². The molecular formula is C12H12ClIO3. The Morgan fingerprint density at radius 1 is 1.47 bits per heavy atom. The number of methoxy groups -OCH3 is 1. The van der Waals surface area contributed by atoms with Gasteiger partial charge in [0.25, 0.3) is 0 Å². The van der Waals surface area contributed by atoms with E-state index >= 15 is 0 Å². The van der Waals surface area contributed by atoms with Crippen LogP contribution in [0, 0.1) is 9.49 Å². The van der Waals surface area contributed by atoms with E-state index in [1.165, 1.54) is 7.11 Å². The maximum atomic E-state index is 11.2. The largest absolute Gasteiger partial charge is 0.489 e. The van der Waals surface area contributed by atoms with Gasteiger partial charge in [-0.05, 0) is 53.6 Å². The van der Waals surface area contributed by atoms with Crippen molar-refractivity contribution in [2.24, 2.45) is 5.92 Å². The van der Waals surface area contributed by atoms with Gasteiger partial charge in [-0.2, -0.15) is 0 Å². The Morgan fingerprint density at radius 2 is 2.18 bits per heavy atom. The number of benzene rings is 1. The van der Waals surface area contributed by atoms with Gasteiger partial charge >= 0.3 is 5.97 Å². The first-order chi connectivity index (χ1) is 8.10. The molecule has 0 heterocycles. The molecule has 1 aliphatic carbocycles. The van der Waals surface area contributed by atoms with Gasteiger partial charge in [0.2, 0.25) is 0 Å². The molecule has 1 aliphatic rings. The molecule has 0 bridgehead atoms. The summed E-state index contributed by atoms with van der Waals surface area (Å²) >= 11 is 8.11. The molecule has 0 radical (unpaired) electrons. The van der Waals surface area contributed by atoms with Gasteiger partial charge in [-0.1, -0.05) is 11.6 Å². The van der Waals surface area contributed by atoms with Gasteiger partial charge in [0.05, 0.1) is 16.6 Å². The lowest BCUT2D eigenvalue weighted by Crippen LogP contribution is -2.38. The maximum absolute atomic E-state index is 11.2. The van der Waals surface area contributed by atoms with Crippen molar-refractivity contribution >= 4 is 40.2 Å². The zero-order valence-corrected chi connectivity index (χ0v) is 12.2. The predicted molar refractivity (Wildman–Crippen MR) is 73.3 cm³/mol. The average Bonchev–Trinajstić information content (AvgIpc) is 2.26. The van der Waals surface area contributed by atoms with E-state index in [4.69, 9.17) is 16.3 Å². The molecule has 3 nitrogen and oxygen atoms in total. The molecule has 92 valence electrons. The summed E-state index contributed by atoms with van der Waals surface area (Å²) in [5.41, 5.74) is 0. The number of rotatable bonds is 3. The summed E-state index contributed by atoms with van der Waals surface area (Å²) < 4.78 is 11.5. The van der Waals surface area contributed by atoms with Crippen LogP contribution in [0.2, 0.25) is 5.02 Å². The lowest BCUT2D eigenvalue weighted by molar-refractivity contribution is -0.151. The third-order valence-corrected chi connectivity index (χ3v) is 3.94. The van der Waals surface area contributed by atoms with Crippen LogP contribution >= 0.6 is 34.2 Å². The highest BCUT2D eigenvalue weighted by molar-refractivity contribution is 14.1. The van der Waals surface area contributed by atoms with E-state index in [0.29, 0.717) is 5.02 Å². The van der Waals surface area contributed by atoms with Gasteiger partial charge in [-0.15, -0.1) is 0 Å². The van der Waals surface area contributed by atoms with Crippen LogP contribution in [0.5, 0.6) is 5.75 Å². The Balaban J connectivity index is 1.91. The number of ether oxygens (including phenoxy) is 2. The third kappa shape index (κ3) is 3.04. The van der Waals surface area contributed by atoms with E-state index in [1.807, 2.05) is 12.1 Å². The molecule has 0 N–H and O–H groups in total. The molecule has 1 aromatic rings. The molecule has 17 heavy (non-hydrogen) atoms. The quantitative estimate of drug-likeness (QED) is 0.608. The first-order valence-corrected chi connectivity index (χ1v) is 6.75. The highest BCUT2D eigenvalue weighted by atomic mass is 127. The van der Waals surface area contributed by atoms with Crippen molar-refractivity contribution in [2.75, 3.05) is 7.11 Å². The maximum Gasteiger partial charge on any atom is 0.308 e. The molecule has 2 rings (SSSR count). The lowest BCUT2D eigenvalue weighted by atomic mass is 9.82. The molecule has 0 spiro atoms. The van der Waals surface area contributed by atoms with E-state index in [2.05, 4.69) is 27.3 Å². The van der Waals surface area contributed by atoms with Gasteiger partial charge in [0, 0.05) is 5.02 Å². The van der Waals surface area contributed by atoms with E-state index < -0.39 is 0 Å². The minimum atomic E-state index is -0.148. The van der Waals surface area contributed by atoms with E-state index in [9.17, 15) is 4.79 Å². The predicted octanol–water partition coefficient (Wildman–Crippen LogP) is 3.28. The van der Waals surface area contributed by atoms with Crippen LogP contribution in [0.1, 0.15) is 12.8 Å². The summed E-state index contributed by atoms with van der Waals surface area (Å²) in [7, 11) is 1.41. The summed E-state index contributed by atoms with van der Waals surface area (Å²) in [6.45, 7) is 0. The normalized spacial score (nSPS) is 22.8. The SMILES string of the molecule is COC(=O)C1CC(Oc2cc(Cl)ccc2I)C1. The Labute approximate surface area is 119 Å². The summed E-state index contributed by atoms with van der Waals surface area (Å²) in [6, 6.07) is 5.54. The van der Waals surface area contributed by atoms with Crippen molar-refractivity contribution in [3.63, 3.8) is 0 Å². The lowest BCUT2D eigenvalue weighted by Gasteiger charge is -2.33. The van der Waals surface area contributed by atoms with Gasteiger partial charge in [-0.3, -0.25) is 4.79 Å². The van der Waals surface area contributed by atoms with Crippen LogP contribution in [0.15, 0.2) is 18.2 Å². The van der Waals surface area contributed by atoms with Crippen molar-refractivity contribution in [1.29, 1.82) is 0 Å². The zero-order valence-electron chi connectivity index (χ0n) is 9.28. The first-order valence-electron chi connectivity index (χ1n) is 5.29. The molecule has 0 aliphatic heterocycles. The molecule has 0 aromatic heterocycles. The smallest absolute Gasteiger partial charge is 0.308 e. The second kappa shape index (κ2) is 5.44. The van der Waals surface area contributed by atoms with Crippen LogP contribution in [-0.4, -0.2) is 19.2 Å². The van der Waals surface area contributed by atoms with Gasteiger partial charge in [0.15, 0.2) is 0 Å². The molecule has 0 unspecified atom stereocenters.